The zero-order valence-electron chi connectivity index (χ0n) is 13.2. The molecule has 0 bridgehead atoms. The lowest BCUT2D eigenvalue weighted by Crippen LogP contribution is -2.42. The first-order valence-corrected chi connectivity index (χ1v) is 8.55. The van der Waals surface area contributed by atoms with Crippen LogP contribution in [0, 0.1) is 5.92 Å². The fourth-order valence-electron chi connectivity index (χ4n) is 2.15. The zero-order valence-corrected chi connectivity index (χ0v) is 14.0. The normalized spacial score (nSPS) is 13.9. The van der Waals surface area contributed by atoms with Gasteiger partial charge in [0.15, 0.2) is 0 Å². The fraction of sp³-hybridized carbons (Fsp3) is 0.643. The van der Waals surface area contributed by atoms with E-state index in [4.69, 9.17) is 5.73 Å². The number of nitrogens with two attached hydrogens (primary N) is 1. The highest BCUT2D eigenvalue weighted by atomic mass is 32.2. The zero-order chi connectivity index (χ0) is 16.0. The van der Waals surface area contributed by atoms with E-state index in [0.29, 0.717) is 24.7 Å². The van der Waals surface area contributed by atoms with E-state index in [9.17, 15) is 8.42 Å². The van der Waals surface area contributed by atoms with Gasteiger partial charge < -0.3 is 10.6 Å². The lowest BCUT2D eigenvalue weighted by Gasteiger charge is -2.23. The van der Waals surface area contributed by atoms with Crippen molar-refractivity contribution in [2.45, 2.75) is 37.8 Å². The number of pyridine rings is 1. The fourth-order valence-corrected chi connectivity index (χ4v) is 3.33. The first kappa shape index (κ1) is 18.0. The largest absolute Gasteiger partial charge is 0.325 e. The molecular weight excluding hydrogens is 288 g/mol. The van der Waals surface area contributed by atoms with Gasteiger partial charge in [-0.3, -0.25) is 4.98 Å². The number of nitrogens with one attached hydrogen (secondary N) is 1. The van der Waals surface area contributed by atoms with Gasteiger partial charge in [0, 0.05) is 25.3 Å². The van der Waals surface area contributed by atoms with Crippen molar-refractivity contribution in [1.29, 1.82) is 0 Å². The van der Waals surface area contributed by atoms with Crippen LogP contribution in [0.3, 0.4) is 0 Å². The molecule has 0 amide bonds. The summed E-state index contributed by atoms with van der Waals surface area (Å²) < 4.78 is 27.6. The molecule has 3 N–H and O–H groups in total. The number of sulfonamides is 1. The van der Waals surface area contributed by atoms with E-state index < -0.39 is 10.0 Å². The third-order valence-corrected chi connectivity index (χ3v) is 4.49. The quantitative estimate of drug-likeness (QED) is 0.741. The van der Waals surface area contributed by atoms with Gasteiger partial charge in [-0.05, 0) is 38.6 Å². The Balaban J connectivity index is 2.88. The van der Waals surface area contributed by atoms with Gasteiger partial charge in [-0.2, -0.15) is 0 Å². The van der Waals surface area contributed by atoms with E-state index in [-0.39, 0.29) is 10.9 Å². The third-order valence-electron chi connectivity index (χ3n) is 2.98. The maximum Gasteiger partial charge on any atom is 0.242 e. The average molecular weight is 314 g/mol. The van der Waals surface area contributed by atoms with Crippen LogP contribution in [0.5, 0.6) is 0 Å². The predicted molar refractivity (Wildman–Crippen MR) is 84.2 cm³/mol. The van der Waals surface area contributed by atoms with E-state index in [0.717, 1.165) is 6.42 Å². The van der Waals surface area contributed by atoms with Gasteiger partial charge in [-0.15, -0.1) is 0 Å². The molecule has 1 atom stereocenters. The monoisotopic (exact) mass is 314 g/mol. The summed E-state index contributed by atoms with van der Waals surface area (Å²) >= 11 is 0. The number of hydrogen-bond donors (Lipinski definition) is 2. The second-order valence-electron chi connectivity index (χ2n) is 5.90. The van der Waals surface area contributed by atoms with Crippen LogP contribution >= 0.6 is 0 Å². The lowest BCUT2D eigenvalue weighted by molar-refractivity contribution is 0.329. The summed E-state index contributed by atoms with van der Waals surface area (Å²) in [5.74, 6) is 0.412. The van der Waals surface area contributed by atoms with Gasteiger partial charge in [0.05, 0.1) is 5.69 Å². The Morgan fingerprint density at radius 1 is 1.33 bits per heavy atom. The molecule has 0 saturated heterocycles. The Morgan fingerprint density at radius 3 is 2.43 bits per heavy atom. The molecule has 0 fully saturated rings. The molecule has 1 rings (SSSR count). The number of nitrogens with zero attached hydrogens (tertiary/aromatic N) is 2. The van der Waals surface area contributed by atoms with Crippen LogP contribution in [-0.2, 0) is 16.6 Å². The molecule has 1 aromatic rings. The van der Waals surface area contributed by atoms with Crippen molar-refractivity contribution in [2.75, 3.05) is 20.6 Å². The van der Waals surface area contributed by atoms with Crippen LogP contribution in [0.1, 0.15) is 26.0 Å². The highest BCUT2D eigenvalue weighted by molar-refractivity contribution is 7.89. The number of aromatic nitrogens is 1. The van der Waals surface area contributed by atoms with Crippen LogP contribution < -0.4 is 10.5 Å². The minimum absolute atomic E-state index is 0.126. The predicted octanol–water partition coefficient (Wildman–Crippen LogP) is 0.795. The molecule has 0 aliphatic rings. The van der Waals surface area contributed by atoms with E-state index in [1.807, 2.05) is 19.0 Å². The van der Waals surface area contributed by atoms with Gasteiger partial charge in [-0.25, -0.2) is 13.1 Å². The topological polar surface area (TPSA) is 88.3 Å². The van der Waals surface area contributed by atoms with E-state index >= 15 is 0 Å². The molecule has 1 unspecified atom stereocenters. The first-order chi connectivity index (χ1) is 9.74. The van der Waals surface area contributed by atoms with Crippen LogP contribution in [0.25, 0.3) is 0 Å². The Morgan fingerprint density at radius 2 is 2.00 bits per heavy atom. The molecule has 0 spiro atoms. The van der Waals surface area contributed by atoms with E-state index in [2.05, 4.69) is 23.6 Å². The van der Waals surface area contributed by atoms with Crippen molar-refractivity contribution < 1.29 is 8.42 Å². The second-order valence-corrected chi connectivity index (χ2v) is 7.61. The highest BCUT2D eigenvalue weighted by Crippen LogP contribution is 2.12. The van der Waals surface area contributed by atoms with Crippen LogP contribution in [0.15, 0.2) is 23.2 Å². The molecule has 0 aliphatic heterocycles. The summed E-state index contributed by atoms with van der Waals surface area (Å²) in [4.78, 5) is 6.19. The van der Waals surface area contributed by atoms with Crippen LogP contribution in [0.2, 0.25) is 0 Å². The minimum Gasteiger partial charge on any atom is -0.325 e. The molecule has 1 heterocycles. The van der Waals surface area contributed by atoms with Crippen LogP contribution in [-0.4, -0.2) is 45.0 Å². The average Bonchev–Trinajstić information content (AvgIpc) is 2.36. The molecule has 0 aliphatic carbocycles. The van der Waals surface area contributed by atoms with Crippen molar-refractivity contribution in [1.82, 2.24) is 14.6 Å². The number of rotatable bonds is 8. The molecule has 0 radical (unpaired) electrons. The van der Waals surface area contributed by atoms with Crippen molar-refractivity contribution in [3.63, 3.8) is 0 Å². The maximum atomic E-state index is 12.4. The molecular formula is C14H26N4O2S. The van der Waals surface area contributed by atoms with Gasteiger partial charge in [0.1, 0.15) is 4.90 Å². The van der Waals surface area contributed by atoms with Gasteiger partial charge in [0.25, 0.3) is 0 Å². The molecule has 6 nitrogen and oxygen atoms in total. The summed E-state index contributed by atoms with van der Waals surface area (Å²) in [6.45, 7) is 5.11. The van der Waals surface area contributed by atoms with Crippen molar-refractivity contribution >= 4 is 10.0 Å². The smallest absolute Gasteiger partial charge is 0.242 e. The van der Waals surface area contributed by atoms with Crippen LogP contribution in [0.4, 0.5) is 0 Å². The Kier molecular flexibility index (Phi) is 6.73. The summed E-state index contributed by atoms with van der Waals surface area (Å²) in [6, 6.07) is 3.05. The molecule has 7 heteroatoms. The Bertz CT molecular complexity index is 516. The summed E-state index contributed by atoms with van der Waals surface area (Å²) in [5.41, 5.74) is 6.13. The van der Waals surface area contributed by atoms with Gasteiger partial charge >= 0.3 is 0 Å². The van der Waals surface area contributed by atoms with Gasteiger partial charge in [0.2, 0.25) is 10.0 Å². The molecule has 21 heavy (non-hydrogen) atoms. The Hall–Kier alpha value is -1.02. The lowest BCUT2D eigenvalue weighted by atomic mass is 10.0. The van der Waals surface area contributed by atoms with Crippen molar-refractivity contribution in [2.24, 2.45) is 11.7 Å². The summed E-state index contributed by atoms with van der Waals surface area (Å²) in [7, 11) is 0.304. The third kappa shape index (κ3) is 6.09. The number of likely N-dealkylation sites (N-methyl/N-ethyl adjacent to an activating group) is 1. The molecule has 1 aromatic heterocycles. The van der Waals surface area contributed by atoms with Crippen molar-refractivity contribution in [3.8, 4) is 0 Å². The molecule has 0 aromatic carbocycles. The standard InChI is InChI=1S/C14H26N4O2S/c1-11(2)7-13(10-18(3)4)17-21(19,20)14-6-5-12(8-15)16-9-14/h5-6,9,11,13,17H,7-8,10,15H2,1-4H3. The van der Waals surface area contributed by atoms with E-state index in [1.165, 1.54) is 6.20 Å². The number of hydrogen-bond acceptors (Lipinski definition) is 5. The maximum absolute atomic E-state index is 12.4. The summed E-state index contributed by atoms with van der Waals surface area (Å²) in [6.07, 6.45) is 2.14. The molecule has 0 saturated carbocycles. The molecule has 120 valence electrons. The van der Waals surface area contributed by atoms with E-state index in [1.54, 1.807) is 12.1 Å². The first-order valence-electron chi connectivity index (χ1n) is 7.06. The van der Waals surface area contributed by atoms with Crippen molar-refractivity contribution in [3.05, 3.63) is 24.0 Å². The second kappa shape index (κ2) is 7.84. The highest BCUT2D eigenvalue weighted by Gasteiger charge is 2.21. The SMILES string of the molecule is CC(C)CC(CN(C)C)NS(=O)(=O)c1ccc(CN)nc1. The minimum atomic E-state index is -3.56. The summed E-state index contributed by atoms with van der Waals surface area (Å²) in [5, 5.41) is 0. The van der Waals surface area contributed by atoms with Gasteiger partial charge in [-0.1, -0.05) is 13.8 Å². The Labute approximate surface area is 127 Å².